The van der Waals surface area contributed by atoms with Crippen molar-refractivity contribution in [3.8, 4) is 0 Å². The van der Waals surface area contributed by atoms with Crippen LogP contribution in [0, 0.1) is 5.92 Å². The number of carboxylic acid groups (broad SMARTS) is 1. The summed E-state index contributed by atoms with van der Waals surface area (Å²) in [5.74, 6) is -1.77. The maximum absolute atomic E-state index is 13.0. The maximum Gasteiger partial charge on any atom is 0.307 e. The van der Waals surface area contributed by atoms with Crippen LogP contribution in [0.25, 0.3) is 0 Å². The molecule has 1 aromatic carbocycles. The molecule has 26 heavy (non-hydrogen) atoms. The molecule has 1 aliphatic carbocycles. The van der Waals surface area contributed by atoms with Crippen LogP contribution in [0.3, 0.4) is 0 Å². The Morgan fingerprint density at radius 3 is 2.19 bits per heavy atom. The van der Waals surface area contributed by atoms with Crippen molar-refractivity contribution in [2.24, 2.45) is 5.92 Å². The third kappa shape index (κ3) is 5.06. The lowest BCUT2D eigenvalue weighted by Crippen LogP contribution is -2.44. The molecule has 6 nitrogen and oxygen atoms in total. The van der Waals surface area contributed by atoms with Gasteiger partial charge in [-0.1, -0.05) is 45.2 Å². The summed E-state index contributed by atoms with van der Waals surface area (Å²) in [5.41, 5.74) is 1.08. The van der Waals surface area contributed by atoms with Crippen LogP contribution >= 0.6 is 0 Å². The van der Waals surface area contributed by atoms with Crippen LogP contribution in [0.15, 0.2) is 24.3 Å². The number of amides is 1. The van der Waals surface area contributed by atoms with Crippen molar-refractivity contribution < 1.29 is 23.1 Å². The normalized spacial score (nSPS) is 17.0. The fourth-order valence-corrected chi connectivity index (χ4v) is 6.05. The second kappa shape index (κ2) is 8.66. The minimum absolute atomic E-state index is 0.0983. The summed E-state index contributed by atoms with van der Waals surface area (Å²) >= 11 is 0. The Labute approximate surface area is 154 Å². The predicted molar refractivity (Wildman–Crippen MR) is 101 cm³/mol. The van der Waals surface area contributed by atoms with Crippen molar-refractivity contribution in [1.82, 2.24) is 0 Å². The van der Waals surface area contributed by atoms with Crippen LogP contribution < -0.4 is 5.32 Å². The van der Waals surface area contributed by atoms with Crippen molar-refractivity contribution in [3.05, 3.63) is 29.8 Å². The van der Waals surface area contributed by atoms with Crippen molar-refractivity contribution in [3.63, 3.8) is 0 Å². The quantitative estimate of drug-likeness (QED) is 0.756. The Hall–Kier alpha value is -1.89. The van der Waals surface area contributed by atoms with Crippen molar-refractivity contribution in [2.75, 3.05) is 5.32 Å². The van der Waals surface area contributed by atoms with Crippen LogP contribution in [-0.4, -0.2) is 35.9 Å². The van der Waals surface area contributed by atoms with Gasteiger partial charge in [0.2, 0.25) is 5.91 Å². The number of anilines is 1. The van der Waals surface area contributed by atoms with Gasteiger partial charge in [0.1, 0.15) is 5.25 Å². The lowest BCUT2D eigenvalue weighted by atomic mass is 10.0. The Balaban J connectivity index is 2.14. The lowest BCUT2D eigenvalue weighted by molar-refractivity contribution is -0.136. The van der Waals surface area contributed by atoms with E-state index in [9.17, 15) is 18.0 Å². The number of carboxylic acids is 1. The highest BCUT2D eigenvalue weighted by atomic mass is 32.2. The van der Waals surface area contributed by atoms with Gasteiger partial charge in [0, 0.05) is 5.69 Å². The molecule has 1 aliphatic rings. The first-order valence-corrected chi connectivity index (χ1v) is 10.7. The number of carbonyl (C=O) groups is 2. The molecule has 0 spiro atoms. The largest absolute Gasteiger partial charge is 0.481 e. The second-order valence-electron chi connectivity index (χ2n) is 7.27. The average Bonchev–Trinajstić information content (AvgIpc) is 2.56. The number of rotatable bonds is 7. The number of nitrogens with one attached hydrogen (secondary N) is 1. The fraction of sp³-hybridized carbons (Fsp3) is 0.579. The third-order valence-corrected chi connectivity index (χ3v) is 7.68. The standard InChI is InChI=1S/C19H27NO5S/c1-13(2)18(26(24,25)16-6-4-3-5-7-16)19(23)20-15-10-8-14(9-11-15)12-17(21)22/h8-11,13,16,18H,3-7,12H2,1-2H3,(H,20,23)(H,21,22). The number of sulfone groups is 1. The summed E-state index contributed by atoms with van der Waals surface area (Å²) in [6.07, 6.45) is 3.99. The maximum atomic E-state index is 13.0. The molecule has 0 heterocycles. The van der Waals surface area contributed by atoms with Gasteiger partial charge in [-0.25, -0.2) is 8.42 Å². The van der Waals surface area contributed by atoms with Gasteiger partial charge in [0.05, 0.1) is 11.7 Å². The van der Waals surface area contributed by atoms with Gasteiger partial charge in [-0.05, 0) is 36.5 Å². The molecule has 144 valence electrons. The van der Waals surface area contributed by atoms with Gasteiger partial charge in [-0.3, -0.25) is 9.59 Å². The van der Waals surface area contributed by atoms with E-state index >= 15 is 0 Å². The summed E-state index contributed by atoms with van der Waals surface area (Å²) in [4.78, 5) is 23.4. The van der Waals surface area contributed by atoms with Gasteiger partial charge in [-0.2, -0.15) is 0 Å². The highest BCUT2D eigenvalue weighted by molar-refractivity contribution is 7.93. The van der Waals surface area contributed by atoms with Gasteiger partial charge in [0.25, 0.3) is 0 Å². The molecule has 1 unspecified atom stereocenters. The van der Waals surface area contributed by atoms with Gasteiger partial charge >= 0.3 is 5.97 Å². The molecule has 2 N–H and O–H groups in total. The Morgan fingerprint density at radius 2 is 1.69 bits per heavy atom. The first kappa shape index (κ1) is 20.4. The number of benzene rings is 1. The smallest absolute Gasteiger partial charge is 0.307 e. The zero-order valence-electron chi connectivity index (χ0n) is 15.3. The first-order valence-electron chi connectivity index (χ1n) is 9.06. The van der Waals surface area contributed by atoms with E-state index in [1.54, 1.807) is 38.1 Å². The molecule has 0 bridgehead atoms. The van der Waals surface area contributed by atoms with Gasteiger partial charge in [-0.15, -0.1) is 0 Å². The zero-order valence-corrected chi connectivity index (χ0v) is 16.1. The molecule has 0 saturated heterocycles. The highest BCUT2D eigenvalue weighted by Crippen LogP contribution is 2.29. The van der Waals surface area contributed by atoms with E-state index in [0.717, 1.165) is 19.3 Å². The van der Waals surface area contributed by atoms with Crippen LogP contribution in [0.1, 0.15) is 51.5 Å². The molecule has 1 amide bonds. The van der Waals surface area contributed by atoms with Crippen molar-refractivity contribution in [1.29, 1.82) is 0 Å². The molecule has 1 saturated carbocycles. The Bertz CT molecular complexity index is 734. The van der Waals surface area contributed by atoms with E-state index in [2.05, 4.69) is 5.32 Å². The Morgan fingerprint density at radius 1 is 1.12 bits per heavy atom. The van der Waals surface area contributed by atoms with E-state index in [-0.39, 0.29) is 12.3 Å². The molecular weight excluding hydrogens is 354 g/mol. The molecule has 0 radical (unpaired) electrons. The van der Waals surface area contributed by atoms with E-state index in [1.807, 2.05) is 0 Å². The van der Waals surface area contributed by atoms with Gasteiger partial charge < -0.3 is 10.4 Å². The molecule has 1 atom stereocenters. The average molecular weight is 381 g/mol. The van der Waals surface area contributed by atoms with Crippen LogP contribution in [0.4, 0.5) is 5.69 Å². The molecule has 7 heteroatoms. The highest BCUT2D eigenvalue weighted by Gasteiger charge is 2.41. The lowest BCUT2D eigenvalue weighted by Gasteiger charge is -2.28. The topological polar surface area (TPSA) is 101 Å². The van der Waals surface area contributed by atoms with Crippen LogP contribution in [-0.2, 0) is 25.8 Å². The molecule has 0 aromatic heterocycles. The summed E-state index contributed by atoms with van der Waals surface area (Å²) in [6.45, 7) is 3.50. The van der Waals surface area contributed by atoms with Gasteiger partial charge in [0.15, 0.2) is 9.84 Å². The second-order valence-corrected chi connectivity index (χ2v) is 9.62. The van der Waals surface area contributed by atoms with Crippen LogP contribution in [0.5, 0.6) is 0 Å². The van der Waals surface area contributed by atoms with Crippen molar-refractivity contribution >= 4 is 27.4 Å². The predicted octanol–water partition coefficient (Wildman–Crippen LogP) is 3.02. The number of hydrogen-bond acceptors (Lipinski definition) is 4. The zero-order chi connectivity index (χ0) is 19.3. The monoisotopic (exact) mass is 381 g/mol. The number of aliphatic carboxylic acids is 1. The summed E-state index contributed by atoms with van der Waals surface area (Å²) in [5, 5.41) is 9.96. The molecular formula is C19H27NO5S. The molecule has 2 rings (SSSR count). The summed E-state index contributed by atoms with van der Waals surface area (Å²) in [7, 11) is -3.56. The molecule has 1 aromatic rings. The number of carbonyl (C=O) groups excluding carboxylic acids is 1. The number of hydrogen-bond donors (Lipinski definition) is 2. The first-order chi connectivity index (χ1) is 12.2. The molecule has 0 aliphatic heterocycles. The van der Waals surface area contributed by atoms with E-state index in [4.69, 9.17) is 5.11 Å². The molecule has 1 fully saturated rings. The Kier molecular flexibility index (Phi) is 6.81. The minimum atomic E-state index is -3.56. The van der Waals surface area contributed by atoms with E-state index in [0.29, 0.717) is 24.1 Å². The summed E-state index contributed by atoms with van der Waals surface area (Å²) < 4.78 is 26.0. The SMILES string of the molecule is CC(C)C(C(=O)Nc1ccc(CC(=O)O)cc1)S(=O)(=O)C1CCCCC1. The van der Waals surface area contributed by atoms with Crippen molar-refractivity contribution in [2.45, 2.75) is 62.9 Å². The van der Waals surface area contributed by atoms with Crippen LogP contribution in [0.2, 0.25) is 0 Å². The minimum Gasteiger partial charge on any atom is -0.481 e. The van der Waals surface area contributed by atoms with E-state index < -0.39 is 32.2 Å². The summed E-state index contributed by atoms with van der Waals surface area (Å²) in [6, 6.07) is 6.43. The third-order valence-electron chi connectivity index (χ3n) is 4.81. The van der Waals surface area contributed by atoms with E-state index in [1.165, 1.54) is 0 Å². The fourth-order valence-electron chi connectivity index (χ4n) is 3.53.